The monoisotopic (exact) mass is 388 g/mol. The van der Waals surface area contributed by atoms with Gasteiger partial charge in [-0.05, 0) is 36.8 Å². The van der Waals surface area contributed by atoms with Crippen molar-refractivity contribution in [2.24, 2.45) is 0 Å². The summed E-state index contributed by atoms with van der Waals surface area (Å²) in [6, 6.07) is 9.86. The highest BCUT2D eigenvalue weighted by atomic mass is 35.5. The molecule has 3 aromatic rings. The molecule has 0 spiro atoms. The van der Waals surface area contributed by atoms with E-state index in [1.807, 2.05) is 13.0 Å². The van der Waals surface area contributed by atoms with E-state index < -0.39 is 17.2 Å². The van der Waals surface area contributed by atoms with Crippen LogP contribution in [0.5, 0.6) is 0 Å². The molecule has 1 amide bonds. The number of H-pyrrole nitrogens is 1. The third-order valence-corrected chi connectivity index (χ3v) is 4.23. The van der Waals surface area contributed by atoms with Gasteiger partial charge in [-0.2, -0.15) is 0 Å². The van der Waals surface area contributed by atoms with E-state index in [4.69, 9.17) is 16.0 Å². The van der Waals surface area contributed by atoms with Crippen LogP contribution >= 0.6 is 11.6 Å². The summed E-state index contributed by atoms with van der Waals surface area (Å²) >= 11 is 6.06. The highest BCUT2D eigenvalue weighted by Gasteiger charge is 2.11. The molecule has 0 radical (unpaired) electrons. The van der Waals surface area contributed by atoms with Crippen molar-refractivity contribution in [3.05, 3.63) is 79.8 Å². The molecule has 8 nitrogen and oxygen atoms in total. The molecule has 0 saturated heterocycles. The first-order chi connectivity index (χ1) is 12.9. The molecular weight excluding hydrogens is 372 g/mol. The maximum Gasteiger partial charge on any atom is 0.330 e. The van der Waals surface area contributed by atoms with Crippen molar-refractivity contribution in [2.75, 3.05) is 17.2 Å². The number of nitrogens with zero attached hydrogens (tertiary/aromatic N) is 1. The molecular formula is C18H17ClN4O4. The van der Waals surface area contributed by atoms with Crippen molar-refractivity contribution in [3.63, 3.8) is 0 Å². The van der Waals surface area contributed by atoms with Crippen molar-refractivity contribution < 1.29 is 9.21 Å². The van der Waals surface area contributed by atoms with E-state index in [0.29, 0.717) is 16.5 Å². The summed E-state index contributed by atoms with van der Waals surface area (Å²) < 4.78 is 6.43. The number of benzene rings is 1. The quantitative estimate of drug-likeness (QED) is 0.599. The summed E-state index contributed by atoms with van der Waals surface area (Å²) in [6.45, 7) is 1.88. The highest BCUT2D eigenvalue weighted by Crippen LogP contribution is 2.19. The molecule has 0 aliphatic heterocycles. The van der Waals surface area contributed by atoms with Crippen molar-refractivity contribution >= 4 is 29.0 Å². The van der Waals surface area contributed by atoms with E-state index >= 15 is 0 Å². The van der Waals surface area contributed by atoms with Crippen molar-refractivity contribution in [1.82, 2.24) is 9.55 Å². The SMILES string of the molecule is Cc1ccc(NCC(=O)Nc2cc(=O)[nH]c(=O)n2Cc2ccco2)cc1Cl. The Morgan fingerprint density at radius 1 is 1.26 bits per heavy atom. The lowest BCUT2D eigenvalue weighted by Crippen LogP contribution is -2.34. The van der Waals surface area contributed by atoms with Gasteiger partial charge in [0.05, 0.1) is 19.4 Å². The van der Waals surface area contributed by atoms with E-state index in [1.165, 1.54) is 10.8 Å². The summed E-state index contributed by atoms with van der Waals surface area (Å²) in [5, 5.41) is 6.09. The van der Waals surface area contributed by atoms with Gasteiger partial charge in [-0.15, -0.1) is 0 Å². The van der Waals surface area contributed by atoms with E-state index in [1.54, 1.807) is 24.3 Å². The number of carbonyl (C=O) groups is 1. The number of furan rings is 1. The number of aromatic nitrogens is 2. The van der Waals surface area contributed by atoms with Crippen LogP contribution in [0.25, 0.3) is 0 Å². The molecule has 140 valence electrons. The predicted octanol–water partition coefficient (Wildman–Crippen LogP) is 2.19. The molecule has 0 atom stereocenters. The number of hydrogen-bond acceptors (Lipinski definition) is 5. The maximum absolute atomic E-state index is 12.3. The number of hydrogen-bond donors (Lipinski definition) is 3. The number of anilines is 2. The van der Waals surface area contributed by atoms with Gasteiger partial charge in [0.15, 0.2) is 0 Å². The van der Waals surface area contributed by atoms with Crippen LogP contribution in [0.3, 0.4) is 0 Å². The molecule has 3 N–H and O–H groups in total. The molecule has 1 aromatic carbocycles. The molecule has 0 aliphatic carbocycles. The average Bonchev–Trinajstić information content (AvgIpc) is 3.12. The molecule has 0 bridgehead atoms. The molecule has 9 heteroatoms. The van der Waals surface area contributed by atoms with Crippen LogP contribution in [0.15, 0.2) is 56.7 Å². The summed E-state index contributed by atoms with van der Waals surface area (Å²) in [6.07, 6.45) is 1.47. The van der Waals surface area contributed by atoms with Gasteiger partial charge in [0.2, 0.25) is 5.91 Å². The first-order valence-electron chi connectivity index (χ1n) is 8.09. The zero-order chi connectivity index (χ0) is 19.4. The minimum atomic E-state index is -0.646. The Bertz CT molecular complexity index is 1070. The number of nitrogens with one attached hydrogen (secondary N) is 3. The third-order valence-electron chi connectivity index (χ3n) is 3.82. The second-order valence-corrected chi connectivity index (χ2v) is 6.26. The van der Waals surface area contributed by atoms with Crippen molar-refractivity contribution in [2.45, 2.75) is 13.5 Å². The Morgan fingerprint density at radius 3 is 2.78 bits per heavy atom. The number of aromatic amines is 1. The van der Waals surface area contributed by atoms with Crippen LogP contribution < -0.4 is 21.9 Å². The second kappa shape index (κ2) is 7.96. The topological polar surface area (TPSA) is 109 Å². The van der Waals surface area contributed by atoms with Crippen LogP contribution in [0.2, 0.25) is 5.02 Å². The molecule has 27 heavy (non-hydrogen) atoms. The molecule has 0 aliphatic rings. The summed E-state index contributed by atoms with van der Waals surface area (Å²) in [4.78, 5) is 38.1. The molecule has 0 fully saturated rings. The molecule has 2 heterocycles. The molecule has 2 aromatic heterocycles. The normalized spacial score (nSPS) is 10.6. The Hall–Kier alpha value is -3.26. The summed E-state index contributed by atoms with van der Waals surface area (Å²) in [5.74, 6) is 0.158. The number of halogens is 1. The van der Waals surface area contributed by atoms with E-state index in [0.717, 1.165) is 11.6 Å². The highest BCUT2D eigenvalue weighted by molar-refractivity contribution is 6.31. The zero-order valence-electron chi connectivity index (χ0n) is 14.4. The summed E-state index contributed by atoms with van der Waals surface area (Å²) in [7, 11) is 0. The fourth-order valence-corrected chi connectivity index (χ4v) is 2.59. The summed E-state index contributed by atoms with van der Waals surface area (Å²) in [5.41, 5.74) is 0.355. The van der Waals surface area contributed by atoms with Crippen LogP contribution in [-0.4, -0.2) is 22.0 Å². The Kier molecular flexibility index (Phi) is 5.46. The van der Waals surface area contributed by atoms with Gasteiger partial charge in [0.1, 0.15) is 11.6 Å². The fraction of sp³-hybridized carbons (Fsp3) is 0.167. The van der Waals surface area contributed by atoms with Crippen molar-refractivity contribution in [1.29, 1.82) is 0 Å². The Labute approximate surface area is 158 Å². The van der Waals surface area contributed by atoms with Gasteiger partial charge in [-0.25, -0.2) is 4.79 Å². The standard InChI is InChI=1S/C18H17ClN4O4/c1-11-4-5-12(7-14(11)19)20-9-17(25)21-15-8-16(24)22-18(26)23(15)10-13-3-2-6-27-13/h2-8,20H,9-10H2,1H3,(H,21,25)(H,22,24,26). The lowest BCUT2D eigenvalue weighted by atomic mass is 10.2. The van der Waals surface area contributed by atoms with Gasteiger partial charge in [0, 0.05) is 16.8 Å². The van der Waals surface area contributed by atoms with Gasteiger partial charge in [0.25, 0.3) is 5.56 Å². The number of rotatable bonds is 6. The van der Waals surface area contributed by atoms with Crippen LogP contribution in [0.1, 0.15) is 11.3 Å². The van der Waals surface area contributed by atoms with E-state index in [-0.39, 0.29) is 18.9 Å². The lowest BCUT2D eigenvalue weighted by Gasteiger charge is -2.13. The predicted molar refractivity (Wildman–Crippen MR) is 102 cm³/mol. The van der Waals surface area contributed by atoms with Crippen LogP contribution in [0, 0.1) is 6.92 Å². The second-order valence-electron chi connectivity index (χ2n) is 5.86. The minimum absolute atomic E-state index is 0.0683. The molecule has 0 saturated carbocycles. The number of aryl methyl sites for hydroxylation is 1. The van der Waals surface area contributed by atoms with Gasteiger partial charge in [-0.1, -0.05) is 17.7 Å². The van der Waals surface area contributed by atoms with Gasteiger partial charge >= 0.3 is 5.69 Å². The van der Waals surface area contributed by atoms with E-state index in [9.17, 15) is 14.4 Å². The van der Waals surface area contributed by atoms with Gasteiger partial charge < -0.3 is 15.1 Å². The third kappa shape index (κ3) is 4.68. The van der Waals surface area contributed by atoms with E-state index in [2.05, 4.69) is 15.6 Å². The van der Waals surface area contributed by atoms with Crippen molar-refractivity contribution in [3.8, 4) is 0 Å². The largest absolute Gasteiger partial charge is 0.467 e. The van der Waals surface area contributed by atoms with Crippen LogP contribution in [0.4, 0.5) is 11.5 Å². The smallest absolute Gasteiger partial charge is 0.330 e. The van der Waals surface area contributed by atoms with Gasteiger partial charge in [-0.3, -0.25) is 19.1 Å². The average molecular weight is 389 g/mol. The maximum atomic E-state index is 12.3. The number of carbonyl (C=O) groups excluding carboxylic acids is 1. The Morgan fingerprint density at radius 2 is 2.07 bits per heavy atom. The zero-order valence-corrected chi connectivity index (χ0v) is 15.2. The van der Waals surface area contributed by atoms with Crippen LogP contribution in [-0.2, 0) is 11.3 Å². The molecule has 0 unspecified atom stereocenters. The number of amides is 1. The minimum Gasteiger partial charge on any atom is -0.467 e. The first-order valence-corrected chi connectivity index (χ1v) is 8.46. The first kappa shape index (κ1) is 18.5. The molecule has 3 rings (SSSR count). The lowest BCUT2D eigenvalue weighted by molar-refractivity contribution is -0.114. The fourth-order valence-electron chi connectivity index (χ4n) is 2.41. The Balaban J connectivity index is 1.73.